The van der Waals surface area contributed by atoms with Crippen molar-refractivity contribution in [3.63, 3.8) is 0 Å². The van der Waals surface area contributed by atoms with Crippen LogP contribution in [0.5, 0.6) is 0 Å². The average Bonchev–Trinajstić information content (AvgIpc) is 3.11. The summed E-state index contributed by atoms with van der Waals surface area (Å²) in [6.07, 6.45) is 1.86. The second kappa shape index (κ2) is 8.77. The third kappa shape index (κ3) is 5.03. The molecule has 1 aromatic heterocycles. The van der Waals surface area contributed by atoms with Crippen LogP contribution in [0.25, 0.3) is 0 Å². The average molecular weight is 373 g/mol. The molecule has 2 heterocycles. The molecule has 1 N–H and O–H groups in total. The van der Waals surface area contributed by atoms with Gasteiger partial charge in [0.25, 0.3) is 0 Å². The summed E-state index contributed by atoms with van der Waals surface area (Å²) in [4.78, 5) is 20.8. The van der Waals surface area contributed by atoms with Crippen LogP contribution >= 0.6 is 11.3 Å². The standard InChI is InChI=1S/C18H23N5O2S/c1-22(2)16-5-3-14(4-6-16)12-19-21-17(24)11-15-13-26-18(20-15)23-7-9-25-10-8-23/h3-6,12-13H,7-11H2,1-2H3,(H,21,24)/b19-12-. The molecule has 0 bridgehead atoms. The van der Waals surface area contributed by atoms with E-state index in [1.54, 1.807) is 17.6 Å². The van der Waals surface area contributed by atoms with Gasteiger partial charge in [0.1, 0.15) is 0 Å². The van der Waals surface area contributed by atoms with Gasteiger partial charge >= 0.3 is 0 Å². The second-order valence-corrected chi connectivity index (χ2v) is 7.01. The maximum absolute atomic E-state index is 12.0. The number of hydrogen-bond donors (Lipinski definition) is 1. The summed E-state index contributed by atoms with van der Waals surface area (Å²) in [6, 6.07) is 7.93. The van der Waals surface area contributed by atoms with Gasteiger partial charge in [-0.3, -0.25) is 4.79 Å². The Balaban J connectivity index is 1.48. The fourth-order valence-corrected chi connectivity index (χ4v) is 3.40. The SMILES string of the molecule is CN(C)c1ccc(/C=N\NC(=O)Cc2csc(N3CCOCC3)n2)cc1. The largest absolute Gasteiger partial charge is 0.378 e. The minimum Gasteiger partial charge on any atom is -0.378 e. The molecule has 3 rings (SSSR count). The summed E-state index contributed by atoms with van der Waals surface area (Å²) in [5.41, 5.74) is 5.37. The van der Waals surface area contributed by atoms with Gasteiger partial charge < -0.3 is 14.5 Å². The highest BCUT2D eigenvalue weighted by Gasteiger charge is 2.15. The fourth-order valence-electron chi connectivity index (χ4n) is 2.52. The Labute approximate surface area is 157 Å². The van der Waals surface area contributed by atoms with E-state index >= 15 is 0 Å². The maximum Gasteiger partial charge on any atom is 0.246 e. The molecule has 0 saturated carbocycles. The van der Waals surface area contributed by atoms with Crippen molar-refractivity contribution in [1.29, 1.82) is 0 Å². The molecule has 1 saturated heterocycles. The quantitative estimate of drug-likeness (QED) is 0.617. The molecular weight excluding hydrogens is 350 g/mol. The lowest BCUT2D eigenvalue weighted by atomic mass is 10.2. The highest BCUT2D eigenvalue weighted by molar-refractivity contribution is 7.13. The first kappa shape index (κ1) is 18.3. The summed E-state index contributed by atoms with van der Waals surface area (Å²) in [6.45, 7) is 3.13. The first-order chi connectivity index (χ1) is 12.6. The molecule has 1 aliphatic rings. The number of hydrogen-bond acceptors (Lipinski definition) is 7. The minimum atomic E-state index is -0.176. The zero-order valence-corrected chi connectivity index (χ0v) is 15.8. The molecule has 0 radical (unpaired) electrons. The van der Waals surface area contributed by atoms with Crippen molar-refractivity contribution in [3.8, 4) is 0 Å². The Hall–Kier alpha value is -2.45. The molecular formula is C18H23N5O2S. The van der Waals surface area contributed by atoms with Crippen LogP contribution in [0.1, 0.15) is 11.3 Å². The normalized spacial score (nSPS) is 14.6. The maximum atomic E-state index is 12.0. The third-order valence-electron chi connectivity index (χ3n) is 3.98. The second-order valence-electron chi connectivity index (χ2n) is 6.18. The number of rotatable bonds is 6. The van der Waals surface area contributed by atoms with E-state index < -0.39 is 0 Å². The van der Waals surface area contributed by atoms with Gasteiger partial charge in [0.15, 0.2) is 5.13 Å². The van der Waals surface area contributed by atoms with Gasteiger partial charge in [0.2, 0.25) is 5.91 Å². The highest BCUT2D eigenvalue weighted by Crippen LogP contribution is 2.21. The molecule has 1 amide bonds. The van der Waals surface area contributed by atoms with E-state index in [4.69, 9.17) is 4.74 Å². The van der Waals surface area contributed by atoms with E-state index in [-0.39, 0.29) is 12.3 Å². The fraction of sp³-hybridized carbons (Fsp3) is 0.389. The molecule has 26 heavy (non-hydrogen) atoms. The van der Waals surface area contributed by atoms with Gasteiger partial charge in [-0.2, -0.15) is 5.10 Å². The van der Waals surface area contributed by atoms with Gasteiger partial charge in [-0.15, -0.1) is 11.3 Å². The van der Waals surface area contributed by atoms with E-state index in [2.05, 4.69) is 20.4 Å². The van der Waals surface area contributed by atoms with E-state index in [0.29, 0.717) is 0 Å². The Kier molecular flexibility index (Phi) is 6.19. The van der Waals surface area contributed by atoms with E-state index in [0.717, 1.165) is 48.4 Å². The van der Waals surface area contributed by atoms with Crippen LogP contribution in [-0.2, 0) is 16.0 Å². The molecule has 138 valence electrons. The predicted octanol–water partition coefficient (Wildman–Crippen LogP) is 1.74. The number of carbonyl (C=O) groups excluding carboxylic acids is 1. The van der Waals surface area contributed by atoms with Crippen LogP contribution in [0.2, 0.25) is 0 Å². The van der Waals surface area contributed by atoms with Crippen molar-refractivity contribution in [1.82, 2.24) is 10.4 Å². The van der Waals surface area contributed by atoms with Gasteiger partial charge in [-0.05, 0) is 17.7 Å². The Morgan fingerprint density at radius 1 is 1.35 bits per heavy atom. The zero-order valence-electron chi connectivity index (χ0n) is 15.0. The number of ether oxygens (including phenoxy) is 1. The molecule has 0 aliphatic carbocycles. The van der Waals surface area contributed by atoms with Crippen LogP contribution in [0, 0.1) is 0 Å². The topological polar surface area (TPSA) is 70.1 Å². The van der Waals surface area contributed by atoms with E-state index in [9.17, 15) is 4.79 Å². The summed E-state index contributed by atoms with van der Waals surface area (Å²) in [5, 5.41) is 6.89. The van der Waals surface area contributed by atoms with Crippen molar-refractivity contribution in [2.75, 3.05) is 50.2 Å². The van der Waals surface area contributed by atoms with Gasteiger partial charge in [-0.1, -0.05) is 12.1 Å². The molecule has 1 fully saturated rings. The molecule has 1 aromatic carbocycles. The smallest absolute Gasteiger partial charge is 0.246 e. The van der Waals surface area contributed by atoms with E-state index in [1.807, 2.05) is 48.6 Å². The van der Waals surface area contributed by atoms with Crippen molar-refractivity contribution < 1.29 is 9.53 Å². The van der Waals surface area contributed by atoms with Gasteiger partial charge in [0.05, 0.1) is 31.5 Å². The van der Waals surface area contributed by atoms with Crippen LogP contribution in [0.3, 0.4) is 0 Å². The van der Waals surface area contributed by atoms with Crippen LogP contribution in [0.4, 0.5) is 10.8 Å². The Morgan fingerprint density at radius 3 is 2.77 bits per heavy atom. The number of thiazole rings is 1. The molecule has 0 spiro atoms. The number of benzene rings is 1. The van der Waals surface area contributed by atoms with Crippen LogP contribution in [0.15, 0.2) is 34.7 Å². The Bertz CT molecular complexity index is 751. The first-order valence-electron chi connectivity index (χ1n) is 8.48. The third-order valence-corrected chi connectivity index (χ3v) is 4.93. The van der Waals surface area contributed by atoms with Crippen molar-refractivity contribution in [3.05, 3.63) is 40.9 Å². The van der Waals surface area contributed by atoms with Crippen molar-refractivity contribution in [2.45, 2.75) is 6.42 Å². The molecule has 2 aromatic rings. The number of hydrazone groups is 1. The van der Waals surface area contributed by atoms with E-state index in [1.165, 1.54) is 0 Å². The first-order valence-corrected chi connectivity index (χ1v) is 9.36. The lowest BCUT2D eigenvalue weighted by Crippen LogP contribution is -2.36. The van der Waals surface area contributed by atoms with Gasteiger partial charge in [-0.25, -0.2) is 10.4 Å². The molecule has 1 aliphatic heterocycles. The summed E-state index contributed by atoms with van der Waals surface area (Å²) < 4.78 is 5.34. The number of nitrogens with one attached hydrogen (secondary N) is 1. The van der Waals surface area contributed by atoms with Gasteiger partial charge in [0, 0.05) is 38.3 Å². The summed E-state index contributed by atoms with van der Waals surface area (Å²) >= 11 is 1.56. The summed E-state index contributed by atoms with van der Waals surface area (Å²) in [7, 11) is 3.98. The molecule has 7 nitrogen and oxygen atoms in total. The zero-order chi connectivity index (χ0) is 18.4. The highest BCUT2D eigenvalue weighted by atomic mass is 32.1. The Morgan fingerprint density at radius 2 is 2.08 bits per heavy atom. The number of nitrogens with zero attached hydrogens (tertiary/aromatic N) is 4. The molecule has 0 unspecified atom stereocenters. The van der Waals surface area contributed by atoms with Crippen LogP contribution < -0.4 is 15.2 Å². The minimum absolute atomic E-state index is 0.176. The van der Waals surface area contributed by atoms with Crippen molar-refractivity contribution in [2.24, 2.45) is 5.10 Å². The number of morpholine rings is 1. The predicted molar refractivity (Wildman–Crippen MR) is 105 cm³/mol. The number of carbonyl (C=O) groups is 1. The van der Waals surface area contributed by atoms with Crippen molar-refractivity contribution >= 4 is 34.3 Å². The number of amides is 1. The monoisotopic (exact) mass is 373 g/mol. The summed E-state index contributed by atoms with van der Waals surface area (Å²) in [5.74, 6) is -0.176. The molecule has 8 heteroatoms. The lowest BCUT2D eigenvalue weighted by Gasteiger charge is -2.26. The van der Waals surface area contributed by atoms with Crippen LogP contribution in [-0.4, -0.2) is 57.5 Å². The number of anilines is 2. The molecule has 0 atom stereocenters. The lowest BCUT2D eigenvalue weighted by molar-refractivity contribution is -0.120. The number of aromatic nitrogens is 1.